The van der Waals surface area contributed by atoms with Crippen LogP contribution in [0.5, 0.6) is 0 Å². The molecule has 1 aliphatic carbocycles. The van der Waals surface area contributed by atoms with Crippen LogP contribution < -0.4 is 0 Å². The van der Waals surface area contributed by atoms with E-state index in [1.54, 1.807) is 17.0 Å². The molecule has 0 unspecified atom stereocenters. The smallest absolute Gasteiger partial charge is 0.335 e. The Labute approximate surface area is 197 Å². The summed E-state index contributed by atoms with van der Waals surface area (Å²) in [7, 11) is 0. The number of piperazine rings is 1. The maximum absolute atomic E-state index is 13.6. The van der Waals surface area contributed by atoms with Crippen LogP contribution in [0.15, 0.2) is 30.3 Å². The largest absolute Gasteiger partial charge is 0.433 e. The van der Waals surface area contributed by atoms with Gasteiger partial charge in [-0.2, -0.15) is 18.3 Å². The average molecular weight is 498 g/mol. The van der Waals surface area contributed by atoms with E-state index in [1.165, 1.54) is 6.07 Å². The second-order valence-electron chi connectivity index (χ2n) is 8.44. The minimum Gasteiger partial charge on any atom is -0.335 e. The first-order valence-corrected chi connectivity index (χ1v) is 11.4. The van der Waals surface area contributed by atoms with Crippen molar-refractivity contribution < 1.29 is 18.0 Å². The molecule has 2 fully saturated rings. The zero-order valence-corrected chi connectivity index (χ0v) is 19.0. The number of benzene rings is 1. The number of carbonyl (C=O) groups excluding carboxylic acids is 1. The number of nitrogens with zero attached hydrogens (tertiary/aromatic N) is 5. The van der Waals surface area contributed by atoms with Crippen LogP contribution in [0.3, 0.4) is 0 Å². The molecule has 0 bridgehead atoms. The third kappa shape index (κ3) is 4.67. The van der Waals surface area contributed by atoms with Gasteiger partial charge in [-0.05, 0) is 36.6 Å². The van der Waals surface area contributed by atoms with Crippen molar-refractivity contribution in [3.63, 3.8) is 0 Å². The lowest BCUT2D eigenvalue weighted by molar-refractivity contribution is -0.142. The molecule has 33 heavy (non-hydrogen) atoms. The maximum atomic E-state index is 13.6. The lowest BCUT2D eigenvalue weighted by Gasteiger charge is -2.34. The van der Waals surface area contributed by atoms with Gasteiger partial charge >= 0.3 is 6.18 Å². The van der Waals surface area contributed by atoms with Crippen molar-refractivity contribution in [3.8, 4) is 0 Å². The molecule has 0 spiro atoms. The predicted octanol–water partition coefficient (Wildman–Crippen LogP) is 4.89. The zero-order valence-electron chi connectivity index (χ0n) is 17.4. The Hall–Kier alpha value is -2.36. The van der Waals surface area contributed by atoms with E-state index in [2.05, 4.69) is 15.0 Å². The van der Waals surface area contributed by atoms with Gasteiger partial charge in [-0.1, -0.05) is 29.3 Å². The molecular formula is C22H20Cl2F3N5O. The average Bonchev–Trinajstić information content (AvgIpc) is 3.53. The van der Waals surface area contributed by atoms with Crippen LogP contribution in [0.4, 0.5) is 13.2 Å². The van der Waals surface area contributed by atoms with Gasteiger partial charge in [-0.15, -0.1) is 0 Å². The van der Waals surface area contributed by atoms with Crippen molar-refractivity contribution in [2.75, 3.05) is 26.2 Å². The Morgan fingerprint density at radius 1 is 1.06 bits per heavy atom. The van der Waals surface area contributed by atoms with Crippen LogP contribution >= 0.6 is 23.2 Å². The number of aromatic nitrogens is 3. The van der Waals surface area contributed by atoms with Gasteiger partial charge < -0.3 is 4.90 Å². The van der Waals surface area contributed by atoms with Crippen molar-refractivity contribution >= 4 is 34.8 Å². The number of amides is 1. The van der Waals surface area contributed by atoms with Crippen LogP contribution in [0.25, 0.3) is 5.65 Å². The molecular weight excluding hydrogens is 478 g/mol. The van der Waals surface area contributed by atoms with Gasteiger partial charge in [0.2, 0.25) is 0 Å². The Balaban J connectivity index is 1.31. The minimum atomic E-state index is -4.59. The number of hydrogen-bond donors (Lipinski definition) is 0. The number of hydrogen-bond acceptors (Lipinski definition) is 4. The highest BCUT2D eigenvalue weighted by atomic mass is 35.5. The van der Waals surface area contributed by atoms with Crippen molar-refractivity contribution in [3.05, 3.63) is 63.0 Å². The molecule has 2 aliphatic rings. The van der Waals surface area contributed by atoms with Crippen LogP contribution in [0, 0.1) is 0 Å². The molecule has 5 rings (SSSR count). The summed E-state index contributed by atoms with van der Waals surface area (Å²) in [6.45, 7) is 2.71. The van der Waals surface area contributed by atoms with Gasteiger partial charge in [0, 0.05) is 60.4 Å². The quantitative estimate of drug-likeness (QED) is 0.514. The lowest BCUT2D eigenvalue weighted by Crippen LogP contribution is -2.48. The summed E-state index contributed by atoms with van der Waals surface area (Å²) in [4.78, 5) is 21.1. The number of rotatable bonds is 4. The maximum Gasteiger partial charge on any atom is 0.433 e. The van der Waals surface area contributed by atoms with Gasteiger partial charge in [0.15, 0.2) is 11.3 Å². The van der Waals surface area contributed by atoms with Crippen LogP contribution in [-0.2, 0) is 12.7 Å². The monoisotopic (exact) mass is 497 g/mol. The second-order valence-corrected chi connectivity index (χ2v) is 9.29. The third-order valence-corrected chi connectivity index (χ3v) is 6.61. The number of alkyl halides is 3. The van der Waals surface area contributed by atoms with Gasteiger partial charge in [-0.3, -0.25) is 9.69 Å². The highest BCUT2D eigenvalue weighted by Gasteiger charge is 2.38. The van der Waals surface area contributed by atoms with E-state index in [4.69, 9.17) is 23.2 Å². The molecule has 6 nitrogen and oxygen atoms in total. The Bertz CT molecular complexity index is 1220. The summed E-state index contributed by atoms with van der Waals surface area (Å²) >= 11 is 12.2. The molecule has 1 aromatic carbocycles. The highest BCUT2D eigenvalue weighted by molar-refractivity contribution is 6.35. The molecule has 2 aromatic heterocycles. The molecule has 1 aliphatic heterocycles. The minimum absolute atomic E-state index is 0.0323. The summed E-state index contributed by atoms with van der Waals surface area (Å²) in [5.41, 5.74) is 0.459. The fourth-order valence-electron chi connectivity index (χ4n) is 4.05. The van der Waals surface area contributed by atoms with Gasteiger partial charge in [0.25, 0.3) is 5.91 Å². The SMILES string of the molecule is O=C(c1cc2nc(C3CC3)cc(C(F)(F)F)n2n1)N1CCN(Cc2ccc(Cl)cc2Cl)CC1. The van der Waals surface area contributed by atoms with Gasteiger partial charge in [0.1, 0.15) is 5.69 Å². The first-order valence-electron chi connectivity index (χ1n) is 10.6. The van der Waals surface area contributed by atoms with Crippen LogP contribution in [0.1, 0.15) is 46.2 Å². The molecule has 3 aromatic rings. The summed E-state index contributed by atoms with van der Waals surface area (Å²) < 4.78 is 41.6. The fourth-order valence-corrected chi connectivity index (χ4v) is 4.52. The molecule has 0 N–H and O–H groups in total. The molecule has 0 atom stereocenters. The molecule has 174 valence electrons. The van der Waals surface area contributed by atoms with Crippen molar-refractivity contribution in [2.45, 2.75) is 31.5 Å². The summed E-state index contributed by atoms with van der Waals surface area (Å²) in [5.74, 6) is -0.349. The Morgan fingerprint density at radius 3 is 2.42 bits per heavy atom. The standard InChI is InChI=1S/C22H20Cl2F3N5O/c23-15-4-3-14(16(24)9-15)12-30-5-7-31(8-6-30)21(33)18-11-20-28-17(13-1-2-13)10-19(22(25,26)27)32(20)29-18/h3-4,9-11,13H,1-2,5-8,12H2. The number of halogens is 5. The van der Waals surface area contributed by atoms with E-state index in [1.807, 2.05) is 6.07 Å². The summed E-state index contributed by atoms with van der Waals surface area (Å²) in [6, 6.07) is 7.75. The van der Waals surface area contributed by atoms with Gasteiger partial charge in [-0.25, -0.2) is 9.50 Å². The lowest BCUT2D eigenvalue weighted by atomic mass is 10.2. The molecule has 1 saturated heterocycles. The Kier molecular flexibility index (Phi) is 5.74. The molecule has 11 heteroatoms. The normalized spacial score (nSPS) is 17.7. The van der Waals surface area contributed by atoms with E-state index in [0.717, 1.165) is 29.0 Å². The highest BCUT2D eigenvalue weighted by Crippen LogP contribution is 2.41. The molecule has 1 saturated carbocycles. The molecule has 1 amide bonds. The zero-order chi connectivity index (χ0) is 23.3. The number of carbonyl (C=O) groups is 1. The van der Waals surface area contributed by atoms with Gasteiger partial charge in [0.05, 0.1) is 0 Å². The molecule has 0 radical (unpaired) electrons. The van der Waals surface area contributed by atoms with Crippen LogP contribution in [0.2, 0.25) is 10.0 Å². The summed E-state index contributed by atoms with van der Waals surface area (Å²) in [6.07, 6.45) is -2.94. The van der Waals surface area contributed by atoms with E-state index in [0.29, 0.717) is 48.5 Å². The van der Waals surface area contributed by atoms with Crippen molar-refractivity contribution in [2.24, 2.45) is 0 Å². The fraction of sp³-hybridized carbons (Fsp3) is 0.409. The number of fused-ring (bicyclic) bond motifs is 1. The first-order chi connectivity index (χ1) is 15.7. The topological polar surface area (TPSA) is 53.7 Å². The third-order valence-electron chi connectivity index (χ3n) is 6.02. The summed E-state index contributed by atoms with van der Waals surface area (Å²) in [5, 5.41) is 5.14. The van der Waals surface area contributed by atoms with E-state index in [9.17, 15) is 18.0 Å². The van der Waals surface area contributed by atoms with E-state index >= 15 is 0 Å². The second kappa shape index (κ2) is 8.45. The Morgan fingerprint density at radius 2 is 1.79 bits per heavy atom. The molecule has 3 heterocycles. The predicted molar refractivity (Wildman–Crippen MR) is 118 cm³/mol. The van der Waals surface area contributed by atoms with E-state index in [-0.39, 0.29) is 17.3 Å². The van der Waals surface area contributed by atoms with Crippen molar-refractivity contribution in [1.29, 1.82) is 0 Å². The van der Waals surface area contributed by atoms with E-state index < -0.39 is 17.8 Å². The van der Waals surface area contributed by atoms with Crippen LogP contribution in [-0.4, -0.2) is 56.5 Å². The van der Waals surface area contributed by atoms with Crippen molar-refractivity contribution in [1.82, 2.24) is 24.4 Å². The first kappa shape index (κ1) is 22.4.